The Bertz CT molecular complexity index is 640. The van der Waals surface area contributed by atoms with Crippen molar-refractivity contribution in [3.8, 4) is 5.75 Å². The van der Waals surface area contributed by atoms with Gasteiger partial charge in [-0.25, -0.2) is 4.39 Å². The fraction of sp³-hybridized carbons (Fsp3) is 0.600. The highest BCUT2D eigenvalue weighted by molar-refractivity contribution is 7.85. The molecule has 1 aromatic carbocycles. The first-order valence-corrected chi connectivity index (χ1v) is 9.61. The smallest absolute Gasteiger partial charge is 0.261 e. The molecule has 2 aliphatic heterocycles. The molecule has 0 aromatic heterocycles. The predicted octanol–water partition coefficient (Wildman–Crippen LogP) is 1.05. The lowest BCUT2D eigenvalue weighted by Gasteiger charge is -2.26. The van der Waals surface area contributed by atoms with E-state index >= 15 is 0 Å². The molecule has 136 valence electrons. The summed E-state index contributed by atoms with van der Waals surface area (Å²) in [5.74, 6) is 0.365. The summed E-state index contributed by atoms with van der Waals surface area (Å²) in [7, 11) is -3.67. The second-order valence-corrected chi connectivity index (χ2v) is 7.18. The van der Waals surface area contributed by atoms with Crippen LogP contribution < -0.4 is 15.4 Å². The van der Waals surface area contributed by atoms with Gasteiger partial charge < -0.3 is 20.1 Å². The molecule has 9 heteroatoms. The van der Waals surface area contributed by atoms with Gasteiger partial charge in [-0.3, -0.25) is 4.55 Å². The minimum absolute atomic E-state index is 0.0382. The molecular formula is C15H23FN2O5S. The molecule has 3 N–H and O–H groups in total. The van der Waals surface area contributed by atoms with Crippen LogP contribution in [-0.4, -0.2) is 58.2 Å². The summed E-state index contributed by atoms with van der Waals surface area (Å²) in [5, 5.41) is 6.55. The van der Waals surface area contributed by atoms with Crippen LogP contribution in [0.3, 0.4) is 0 Å². The van der Waals surface area contributed by atoms with Crippen molar-refractivity contribution in [1.82, 2.24) is 5.32 Å². The molecule has 2 heterocycles. The van der Waals surface area contributed by atoms with Crippen molar-refractivity contribution in [2.45, 2.75) is 18.9 Å². The maximum absolute atomic E-state index is 13.6. The average molecular weight is 362 g/mol. The molecule has 0 bridgehead atoms. The molecule has 0 radical (unpaired) electrons. The Morgan fingerprint density at radius 3 is 2.83 bits per heavy atom. The van der Waals surface area contributed by atoms with E-state index in [0.29, 0.717) is 25.2 Å². The van der Waals surface area contributed by atoms with E-state index in [0.717, 1.165) is 43.7 Å². The van der Waals surface area contributed by atoms with E-state index in [2.05, 4.69) is 10.6 Å². The summed E-state index contributed by atoms with van der Waals surface area (Å²) in [6.07, 6.45) is 2.69. The van der Waals surface area contributed by atoms with Gasteiger partial charge in [-0.1, -0.05) is 0 Å². The Balaban J connectivity index is 0.000000368. The van der Waals surface area contributed by atoms with Crippen molar-refractivity contribution in [3.05, 3.63) is 23.5 Å². The highest BCUT2D eigenvalue weighted by atomic mass is 32.2. The lowest BCUT2D eigenvalue weighted by molar-refractivity contribution is 0.000263. The first-order valence-electron chi connectivity index (χ1n) is 7.77. The summed E-state index contributed by atoms with van der Waals surface area (Å²) in [6, 6.07) is 3.04. The topological polar surface area (TPSA) is 96.9 Å². The number of nitrogens with one attached hydrogen (secondary N) is 2. The van der Waals surface area contributed by atoms with Gasteiger partial charge in [0.05, 0.1) is 18.6 Å². The van der Waals surface area contributed by atoms with Crippen LogP contribution in [0, 0.1) is 5.82 Å². The number of anilines is 1. The zero-order valence-corrected chi connectivity index (χ0v) is 14.4. The van der Waals surface area contributed by atoms with Crippen molar-refractivity contribution in [2.24, 2.45) is 0 Å². The molecular weight excluding hydrogens is 339 g/mol. The number of benzene rings is 1. The Kier molecular flexibility index (Phi) is 6.79. The van der Waals surface area contributed by atoms with Crippen LogP contribution in [0.15, 0.2) is 12.1 Å². The van der Waals surface area contributed by atoms with Crippen LogP contribution in [0.1, 0.15) is 12.0 Å². The van der Waals surface area contributed by atoms with Crippen LogP contribution in [-0.2, 0) is 21.3 Å². The normalized spacial score (nSPS) is 20.2. The monoisotopic (exact) mass is 362 g/mol. The Labute approximate surface area is 141 Å². The van der Waals surface area contributed by atoms with Gasteiger partial charge in [0.1, 0.15) is 24.3 Å². The fourth-order valence-corrected chi connectivity index (χ4v) is 2.55. The number of aryl methyl sites for hydroxylation is 1. The average Bonchev–Trinajstić information content (AvgIpc) is 2.52. The molecule has 0 saturated carbocycles. The maximum Gasteiger partial charge on any atom is 0.261 e. The number of hydrogen-bond donors (Lipinski definition) is 3. The quantitative estimate of drug-likeness (QED) is 0.692. The summed E-state index contributed by atoms with van der Waals surface area (Å²) in [6.45, 7) is 3.73. The van der Waals surface area contributed by atoms with Gasteiger partial charge in [0.15, 0.2) is 0 Å². The van der Waals surface area contributed by atoms with Gasteiger partial charge in [0.25, 0.3) is 10.1 Å². The molecule has 0 unspecified atom stereocenters. The fourth-order valence-electron chi connectivity index (χ4n) is 2.55. The largest absolute Gasteiger partial charge is 0.489 e. The van der Waals surface area contributed by atoms with Crippen LogP contribution in [0.4, 0.5) is 10.1 Å². The van der Waals surface area contributed by atoms with Gasteiger partial charge >= 0.3 is 0 Å². The second-order valence-electron chi connectivity index (χ2n) is 5.71. The van der Waals surface area contributed by atoms with Crippen LogP contribution in [0.5, 0.6) is 5.75 Å². The number of ether oxygens (including phenoxy) is 2. The lowest BCUT2D eigenvalue weighted by Crippen LogP contribution is -2.41. The molecule has 2 aliphatic rings. The van der Waals surface area contributed by atoms with E-state index in [1.807, 2.05) is 0 Å². The van der Waals surface area contributed by atoms with E-state index in [-0.39, 0.29) is 11.9 Å². The van der Waals surface area contributed by atoms with E-state index in [9.17, 15) is 12.8 Å². The SMILES string of the molecule is CS(=O)(=O)O.Fc1cc2c(c(OC[C@H]3CNCCO3)c1)NCCC2. The minimum Gasteiger partial charge on any atom is -0.489 e. The van der Waals surface area contributed by atoms with Crippen molar-refractivity contribution >= 4 is 15.8 Å². The van der Waals surface area contributed by atoms with Gasteiger partial charge in [0, 0.05) is 25.7 Å². The van der Waals surface area contributed by atoms with Crippen molar-refractivity contribution in [2.75, 3.05) is 44.4 Å². The molecule has 0 spiro atoms. The van der Waals surface area contributed by atoms with Crippen molar-refractivity contribution in [1.29, 1.82) is 0 Å². The second kappa shape index (κ2) is 8.61. The molecule has 1 atom stereocenters. The van der Waals surface area contributed by atoms with E-state index in [1.54, 1.807) is 6.07 Å². The predicted molar refractivity (Wildman–Crippen MR) is 88.8 cm³/mol. The number of rotatable bonds is 3. The molecule has 1 aromatic rings. The van der Waals surface area contributed by atoms with E-state index < -0.39 is 10.1 Å². The maximum atomic E-state index is 13.6. The first kappa shape index (κ1) is 18.9. The van der Waals surface area contributed by atoms with Crippen LogP contribution in [0.2, 0.25) is 0 Å². The van der Waals surface area contributed by atoms with Crippen LogP contribution >= 0.6 is 0 Å². The van der Waals surface area contributed by atoms with Crippen LogP contribution in [0.25, 0.3) is 0 Å². The number of hydrogen-bond acceptors (Lipinski definition) is 6. The highest BCUT2D eigenvalue weighted by Crippen LogP contribution is 2.33. The minimum atomic E-state index is -3.67. The number of halogens is 1. The summed E-state index contributed by atoms with van der Waals surface area (Å²) in [5.41, 5.74) is 1.94. The Hall–Kier alpha value is -1.42. The third-order valence-electron chi connectivity index (χ3n) is 3.50. The molecule has 24 heavy (non-hydrogen) atoms. The Morgan fingerprint density at radius 2 is 2.17 bits per heavy atom. The number of fused-ring (bicyclic) bond motifs is 1. The van der Waals surface area contributed by atoms with Crippen molar-refractivity contribution in [3.63, 3.8) is 0 Å². The lowest BCUT2D eigenvalue weighted by atomic mass is 10.0. The zero-order chi connectivity index (χ0) is 17.6. The van der Waals surface area contributed by atoms with Gasteiger partial charge in [-0.2, -0.15) is 8.42 Å². The summed E-state index contributed by atoms with van der Waals surface area (Å²) >= 11 is 0. The van der Waals surface area contributed by atoms with Gasteiger partial charge in [0.2, 0.25) is 0 Å². The molecule has 3 rings (SSSR count). The third kappa shape index (κ3) is 6.60. The summed E-state index contributed by atoms with van der Waals surface area (Å²) < 4.78 is 50.8. The molecule has 1 saturated heterocycles. The molecule has 7 nitrogen and oxygen atoms in total. The summed E-state index contributed by atoms with van der Waals surface area (Å²) in [4.78, 5) is 0. The number of morpholine rings is 1. The van der Waals surface area contributed by atoms with E-state index in [1.165, 1.54) is 6.07 Å². The molecule has 0 aliphatic carbocycles. The van der Waals surface area contributed by atoms with Crippen molar-refractivity contribution < 1.29 is 26.8 Å². The third-order valence-corrected chi connectivity index (χ3v) is 3.50. The Morgan fingerprint density at radius 1 is 1.42 bits per heavy atom. The first-order chi connectivity index (χ1) is 11.3. The molecule has 1 fully saturated rings. The van der Waals surface area contributed by atoms with Gasteiger partial charge in [-0.05, 0) is 24.5 Å². The van der Waals surface area contributed by atoms with E-state index in [4.69, 9.17) is 14.0 Å². The highest BCUT2D eigenvalue weighted by Gasteiger charge is 2.18. The van der Waals surface area contributed by atoms with Gasteiger partial charge in [-0.15, -0.1) is 0 Å². The standard InChI is InChI=1S/C14H19FN2O2.CH4O3S/c15-11-6-10-2-1-3-17-14(10)13(7-11)19-9-12-8-16-4-5-18-12;1-5(2,3)4/h6-7,12,16-17H,1-5,8-9H2;1H3,(H,2,3,4)/t12-;/m1./s1. The zero-order valence-electron chi connectivity index (χ0n) is 13.5. The molecule has 0 amide bonds.